The summed E-state index contributed by atoms with van der Waals surface area (Å²) in [6.45, 7) is 2.03. The highest BCUT2D eigenvalue weighted by Gasteiger charge is 2.04. The lowest BCUT2D eigenvalue weighted by Gasteiger charge is -2.11. The molecule has 0 fully saturated rings. The number of rotatable bonds is 2. The first-order chi connectivity index (χ1) is 8.60. The van der Waals surface area contributed by atoms with Crippen LogP contribution in [0, 0.1) is 18.3 Å². The molecule has 0 heterocycles. The van der Waals surface area contributed by atoms with Crippen LogP contribution in [0.15, 0.2) is 40.9 Å². The van der Waals surface area contributed by atoms with Crippen molar-refractivity contribution >= 4 is 33.0 Å². The minimum atomic E-state index is 0.557. The summed E-state index contributed by atoms with van der Waals surface area (Å²) in [7, 11) is 0. The van der Waals surface area contributed by atoms with Gasteiger partial charge in [0, 0.05) is 4.47 Å². The minimum absolute atomic E-state index is 0.557. The summed E-state index contributed by atoms with van der Waals surface area (Å²) in [6.07, 6.45) is 0. The maximum atomic E-state index is 8.79. The first-order valence-electron chi connectivity index (χ1n) is 5.43. The van der Waals surface area contributed by atoms with E-state index in [9.17, 15) is 0 Å². The predicted octanol–water partition coefficient (Wildman–Crippen LogP) is 3.96. The number of nitrogens with two attached hydrogens (primary N) is 1. The highest BCUT2D eigenvalue weighted by Crippen LogP contribution is 2.29. The van der Waals surface area contributed by atoms with Gasteiger partial charge in [0.15, 0.2) is 0 Å². The number of nitrogens with zero attached hydrogens (tertiary/aromatic N) is 1. The number of halogens is 1. The van der Waals surface area contributed by atoms with Crippen LogP contribution < -0.4 is 11.1 Å². The van der Waals surface area contributed by atoms with E-state index in [2.05, 4.69) is 27.3 Å². The largest absolute Gasteiger partial charge is 0.397 e. The number of hydrogen-bond acceptors (Lipinski definition) is 3. The van der Waals surface area contributed by atoms with E-state index in [-0.39, 0.29) is 0 Å². The maximum Gasteiger partial charge on any atom is 0.0992 e. The molecule has 0 radical (unpaired) electrons. The van der Waals surface area contributed by atoms with E-state index >= 15 is 0 Å². The van der Waals surface area contributed by atoms with Crippen molar-refractivity contribution in [1.29, 1.82) is 5.26 Å². The summed E-state index contributed by atoms with van der Waals surface area (Å²) < 4.78 is 0.969. The predicted molar refractivity (Wildman–Crippen MR) is 77.7 cm³/mol. The molecule has 0 spiro atoms. The maximum absolute atomic E-state index is 8.79. The molecule has 0 amide bonds. The smallest absolute Gasteiger partial charge is 0.0992 e. The molecular weight excluding hydrogens is 290 g/mol. The van der Waals surface area contributed by atoms with E-state index < -0.39 is 0 Å². The normalized spacial score (nSPS) is 9.83. The third-order valence-electron chi connectivity index (χ3n) is 2.57. The number of aryl methyl sites for hydroxylation is 1. The lowest BCUT2D eigenvalue weighted by molar-refractivity contribution is 1.43. The molecule has 3 N–H and O–H groups in total. The fourth-order valence-electron chi connectivity index (χ4n) is 1.63. The summed E-state index contributed by atoms with van der Waals surface area (Å²) in [5.41, 5.74) is 9.92. The second kappa shape index (κ2) is 5.11. The standard InChI is InChI=1S/C14H12BrN3/c1-9-2-4-11(15)14(6-9)18-13-5-3-10(8-16)7-12(13)17/h2-7,18H,17H2,1H3. The van der Waals surface area contributed by atoms with E-state index in [1.54, 1.807) is 12.1 Å². The van der Waals surface area contributed by atoms with Gasteiger partial charge < -0.3 is 11.1 Å². The van der Waals surface area contributed by atoms with Crippen LogP contribution in [0.5, 0.6) is 0 Å². The van der Waals surface area contributed by atoms with Gasteiger partial charge in [0.05, 0.1) is 28.7 Å². The second-order valence-electron chi connectivity index (χ2n) is 4.02. The van der Waals surface area contributed by atoms with Gasteiger partial charge >= 0.3 is 0 Å². The molecule has 3 nitrogen and oxygen atoms in total. The molecule has 0 aliphatic rings. The van der Waals surface area contributed by atoms with Gasteiger partial charge in [0.1, 0.15) is 0 Å². The summed E-state index contributed by atoms with van der Waals surface area (Å²) in [6, 6.07) is 13.3. The number of nitrogens with one attached hydrogen (secondary N) is 1. The van der Waals surface area contributed by atoms with Gasteiger partial charge in [-0.15, -0.1) is 0 Å². The Balaban J connectivity index is 2.34. The van der Waals surface area contributed by atoms with Crippen LogP contribution in [-0.2, 0) is 0 Å². The molecule has 2 rings (SSSR count). The Bertz CT molecular complexity index is 629. The van der Waals surface area contributed by atoms with Gasteiger partial charge in [0.2, 0.25) is 0 Å². The van der Waals surface area contributed by atoms with Gasteiger partial charge in [-0.1, -0.05) is 6.07 Å². The van der Waals surface area contributed by atoms with Crippen molar-refractivity contribution in [1.82, 2.24) is 0 Å². The SMILES string of the molecule is Cc1ccc(Br)c(Nc2ccc(C#N)cc2N)c1. The molecule has 0 atom stereocenters. The van der Waals surface area contributed by atoms with Gasteiger partial charge in [-0.25, -0.2) is 0 Å². The van der Waals surface area contributed by atoms with E-state index in [0.29, 0.717) is 11.3 Å². The number of nitriles is 1. The third kappa shape index (κ3) is 2.63. The Morgan fingerprint density at radius 1 is 1.17 bits per heavy atom. The van der Waals surface area contributed by atoms with E-state index in [0.717, 1.165) is 21.4 Å². The molecule has 2 aromatic carbocycles. The fraction of sp³-hybridized carbons (Fsp3) is 0.0714. The third-order valence-corrected chi connectivity index (χ3v) is 3.26. The first kappa shape index (κ1) is 12.5. The van der Waals surface area contributed by atoms with Crippen molar-refractivity contribution < 1.29 is 0 Å². The summed E-state index contributed by atoms with van der Waals surface area (Å²) in [5.74, 6) is 0. The van der Waals surface area contributed by atoms with E-state index in [1.165, 1.54) is 0 Å². The molecule has 2 aromatic rings. The quantitative estimate of drug-likeness (QED) is 0.826. The van der Waals surface area contributed by atoms with Crippen molar-refractivity contribution in [3.63, 3.8) is 0 Å². The molecule has 0 aromatic heterocycles. The molecule has 0 saturated heterocycles. The van der Waals surface area contributed by atoms with Crippen LogP contribution in [0.1, 0.15) is 11.1 Å². The molecule has 18 heavy (non-hydrogen) atoms. The van der Waals surface area contributed by atoms with Crippen molar-refractivity contribution in [2.75, 3.05) is 11.1 Å². The van der Waals surface area contributed by atoms with Crippen LogP contribution in [0.4, 0.5) is 17.1 Å². The topological polar surface area (TPSA) is 61.8 Å². The van der Waals surface area contributed by atoms with Crippen LogP contribution in [0.2, 0.25) is 0 Å². The van der Waals surface area contributed by atoms with Crippen LogP contribution in [0.3, 0.4) is 0 Å². The number of nitrogen functional groups attached to an aromatic ring is 1. The highest BCUT2D eigenvalue weighted by molar-refractivity contribution is 9.10. The molecule has 0 unspecified atom stereocenters. The Labute approximate surface area is 114 Å². The monoisotopic (exact) mass is 301 g/mol. The Morgan fingerprint density at radius 2 is 1.94 bits per heavy atom. The zero-order valence-electron chi connectivity index (χ0n) is 9.87. The molecule has 0 aliphatic carbocycles. The van der Waals surface area contributed by atoms with Crippen molar-refractivity contribution in [3.05, 3.63) is 52.0 Å². The van der Waals surface area contributed by atoms with Crippen LogP contribution in [0.25, 0.3) is 0 Å². The van der Waals surface area contributed by atoms with Gasteiger partial charge in [-0.3, -0.25) is 0 Å². The number of hydrogen-bond donors (Lipinski definition) is 2. The zero-order valence-corrected chi connectivity index (χ0v) is 11.5. The van der Waals surface area contributed by atoms with Crippen molar-refractivity contribution in [2.24, 2.45) is 0 Å². The number of benzene rings is 2. The average Bonchev–Trinajstić information content (AvgIpc) is 2.36. The lowest BCUT2D eigenvalue weighted by atomic mass is 10.1. The molecule has 0 saturated carbocycles. The summed E-state index contributed by atoms with van der Waals surface area (Å²) >= 11 is 3.48. The molecular formula is C14H12BrN3. The summed E-state index contributed by atoms with van der Waals surface area (Å²) in [4.78, 5) is 0. The van der Waals surface area contributed by atoms with Gasteiger partial charge in [0.25, 0.3) is 0 Å². The highest BCUT2D eigenvalue weighted by atomic mass is 79.9. The fourth-order valence-corrected chi connectivity index (χ4v) is 1.97. The molecule has 4 heteroatoms. The summed E-state index contributed by atoms with van der Waals surface area (Å²) in [5, 5.41) is 12.0. The first-order valence-corrected chi connectivity index (χ1v) is 6.22. The minimum Gasteiger partial charge on any atom is -0.397 e. The molecule has 0 aliphatic heterocycles. The van der Waals surface area contributed by atoms with Crippen LogP contribution in [-0.4, -0.2) is 0 Å². The van der Waals surface area contributed by atoms with Gasteiger partial charge in [-0.2, -0.15) is 5.26 Å². The Morgan fingerprint density at radius 3 is 2.61 bits per heavy atom. The lowest BCUT2D eigenvalue weighted by Crippen LogP contribution is -1.97. The zero-order chi connectivity index (χ0) is 13.1. The average molecular weight is 302 g/mol. The van der Waals surface area contributed by atoms with E-state index in [4.69, 9.17) is 11.0 Å². The van der Waals surface area contributed by atoms with Gasteiger partial charge in [-0.05, 0) is 58.7 Å². The van der Waals surface area contributed by atoms with Crippen molar-refractivity contribution in [2.45, 2.75) is 6.92 Å². The number of anilines is 3. The molecule has 90 valence electrons. The Hall–Kier alpha value is -1.99. The molecule has 0 bridgehead atoms. The van der Waals surface area contributed by atoms with Crippen LogP contribution >= 0.6 is 15.9 Å². The van der Waals surface area contributed by atoms with E-state index in [1.807, 2.05) is 31.2 Å². The second-order valence-corrected chi connectivity index (χ2v) is 4.88. The van der Waals surface area contributed by atoms with Crippen molar-refractivity contribution in [3.8, 4) is 6.07 Å². The Kier molecular flexibility index (Phi) is 3.54.